The van der Waals surface area contributed by atoms with Gasteiger partial charge in [0.2, 0.25) is 0 Å². The number of ketones is 1. The molecule has 6 heteroatoms. The summed E-state index contributed by atoms with van der Waals surface area (Å²) >= 11 is 0. The number of hydrogen-bond acceptors (Lipinski definition) is 5. The molecule has 3 aromatic rings. The van der Waals surface area contributed by atoms with Gasteiger partial charge in [0.25, 0.3) is 0 Å². The quantitative estimate of drug-likeness (QED) is 0.564. The van der Waals surface area contributed by atoms with Gasteiger partial charge in [0, 0.05) is 6.07 Å². The van der Waals surface area contributed by atoms with Gasteiger partial charge in [-0.15, -0.1) is 0 Å². The van der Waals surface area contributed by atoms with E-state index in [0.717, 1.165) is 11.6 Å². The van der Waals surface area contributed by atoms with E-state index in [1.54, 1.807) is 12.1 Å². The molecule has 0 unspecified atom stereocenters. The van der Waals surface area contributed by atoms with E-state index in [1.807, 2.05) is 30.3 Å². The Morgan fingerprint density at radius 1 is 1.08 bits per heavy atom. The molecule has 1 aromatic heterocycles. The highest BCUT2D eigenvalue weighted by atomic mass is 16.5. The second-order valence-electron chi connectivity index (χ2n) is 5.73. The average molecular weight is 351 g/mol. The van der Waals surface area contributed by atoms with E-state index in [0.29, 0.717) is 11.3 Å². The first-order valence-electron chi connectivity index (χ1n) is 7.97. The van der Waals surface area contributed by atoms with Crippen LogP contribution in [-0.4, -0.2) is 23.8 Å². The number of methoxy groups -OCH3 is 1. The van der Waals surface area contributed by atoms with Gasteiger partial charge >= 0.3 is 5.97 Å². The maximum absolute atomic E-state index is 12.5. The Hall–Kier alpha value is -3.41. The lowest BCUT2D eigenvalue weighted by atomic mass is 10.0. The number of fused-ring (bicyclic) bond motifs is 1. The fourth-order valence-electron chi connectivity index (χ4n) is 2.75. The number of ether oxygens (including phenoxy) is 2. The van der Waals surface area contributed by atoms with Crippen molar-refractivity contribution in [3.63, 3.8) is 0 Å². The van der Waals surface area contributed by atoms with Crippen LogP contribution >= 0.6 is 0 Å². The molecule has 0 saturated heterocycles. The van der Waals surface area contributed by atoms with Crippen LogP contribution in [-0.2, 0) is 11.3 Å². The van der Waals surface area contributed by atoms with Crippen LogP contribution in [0.2, 0.25) is 0 Å². The summed E-state index contributed by atoms with van der Waals surface area (Å²) in [4.78, 5) is 39.2. The van der Waals surface area contributed by atoms with Gasteiger partial charge in [-0.2, -0.15) is 0 Å². The highest BCUT2D eigenvalue weighted by Crippen LogP contribution is 2.27. The summed E-state index contributed by atoms with van der Waals surface area (Å²) in [6.07, 6.45) is 0. The van der Waals surface area contributed by atoms with E-state index < -0.39 is 11.4 Å². The number of H-pyrrole nitrogens is 1. The van der Waals surface area contributed by atoms with E-state index in [4.69, 9.17) is 4.74 Å². The molecule has 0 aliphatic heterocycles. The summed E-state index contributed by atoms with van der Waals surface area (Å²) in [7, 11) is 1.23. The Morgan fingerprint density at radius 3 is 2.46 bits per heavy atom. The summed E-state index contributed by atoms with van der Waals surface area (Å²) in [5.74, 6) is -0.627. The Kier molecular flexibility index (Phi) is 4.84. The fraction of sp³-hybridized carbons (Fsp3) is 0.150. The largest absolute Gasteiger partial charge is 0.488 e. The summed E-state index contributed by atoms with van der Waals surface area (Å²) in [5.41, 5.74) is 1.08. The molecule has 2 aromatic carbocycles. The Bertz CT molecular complexity index is 1040. The van der Waals surface area contributed by atoms with E-state index in [9.17, 15) is 14.4 Å². The summed E-state index contributed by atoms with van der Waals surface area (Å²) in [6, 6.07) is 13.8. The van der Waals surface area contributed by atoms with Crippen molar-refractivity contribution in [3.05, 3.63) is 75.6 Å². The number of aromatic nitrogens is 1. The Morgan fingerprint density at radius 2 is 1.81 bits per heavy atom. The number of rotatable bonds is 5. The molecule has 0 atom stereocenters. The molecule has 1 N–H and O–H groups in total. The molecule has 0 fully saturated rings. The third-order valence-corrected chi connectivity index (χ3v) is 3.95. The molecule has 1 heterocycles. The highest BCUT2D eigenvalue weighted by molar-refractivity contribution is 6.09. The fourth-order valence-corrected chi connectivity index (χ4v) is 2.75. The number of aromatic amines is 1. The van der Waals surface area contributed by atoms with Crippen LogP contribution in [0.25, 0.3) is 10.9 Å². The van der Waals surface area contributed by atoms with Crippen molar-refractivity contribution in [1.29, 1.82) is 0 Å². The molecule has 0 aliphatic carbocycles. The first-order valence-corrected chi connectivity index (χ1v) is 7.97. The molecular weight excluding hydrogens is 334 g/mol. The van der Waals surface area contributed by atoms with Gasteiger partial charge < -0.3 is 14.5 Å². The molecular formula is C20H17NO5. The molecule has 0 amide bonds. The molecule has 26 heavy (non-hydrogen) atoms. The van der Waals surface area contributed by atoms with E-state index in [-0.39, 0.29) is 29.0 Å². The molecule has 0 radical (unpaired) electrons. The van der Waals surface area contributed by atoms with Crippen LogP contribution in [0, 0.1) is 0 Å². The van der Waals surface area contributed by atoms with Gasteiger partial charge in [-0.05, 0) is 24.6 Å². The second kappa shape index (κ2) is 7.23. The zero-order valence-corrected chi connectivity index (χ0v) is 14.4. The van der Waals surface area contributed by atoms with Gasteiger partial charge in [0.1, 0.15) is 18.1 Å². The Labute approximate surface area is 149 Å². The third-order valence-electron chi connectivity index (χ3n) is 3.95. The number of Topliss-reactive ketones (excluding diaryl/α,β-unsaturated/α-hetero) is 1. The van der Waals surface area contributed by atoms with Crippen LogP contribution in [0.4, 0.5) is 0 Å². The Balaban J connectivity index is 2.09. The monoisotopic (exact) mass is 351 g/mol. The van der Waals surface area contributed by atoms with Gasteiger partial charge in [-0.3, -0.25) is 9.59 Å². The number of carbonyl (C=O) groups excluding carboxylic acids is 2. The van der Waals surface area contributed by atoms with Gasteiger partial charge in [0.15, 0.2) is 11.2 Å². The van der Waals surface area contributed by atoms with E-state index in [1.165, 1.54) is 14.0 Å². The maximum Gasteiger partial charge on any atom is 0.354 e. The highest BCUT2D eigenvalue weighted by Gasteiger charge is 2.18. The minimum absolute atomic E-state index is 0.0254. The first kappa shape index (κ1) is 17.4. The predicted molar refractivity (Wildman–Crippen MR) is 96.7 cm³/mol. The number of nitrogens with one attached hydrogen (secondary N) is 1. The van der Waals surface area contributed by atoms with Crippen molar-refractivity contribution in [2.24, 2.45) is 0 Å². The van der Waals surface area contributed by atoms with Crippen LogP contribution in [0.1, 0.15) is 33.3 Å². The maximum atomic E-state index is 12.5. The molecule has 0 spiro atoms. The summed E-state index contributed by atoms with van der Waals surface area (Å²) < 4.78 is 10.4. The number of pyridine rings is 1. The van der Waals surface area contributed by atoms with Crippen molar-refractivity contribution < 1.29 is 19.1 Å². The van der Waals surface area contributed by atoms with Gasteiger partial charge in [-0.1, -0.05) is 30.3 Å². The molecule has 6 nitrogen and oxygen atoms in total. The van der Waals surface area contributed by atoms with E-state index in [2.05, 4.69) is 9.72 Å². The minimum atomic E-state index is -0.655. The summed E-state index contributed by atoms with van der Waals surface area (Å²) in [6.45, 7) is 1.64. The minimum Gasteiger partial charge on any atom is -0.488 e. The zero-order chi connectivity index (χ0) is 18.7. The number of carbonyl (C=O) groups is 2. The van der Waals surface area contributed by atoms with Crippen LogP contribution in [0.5, 0.6) is 5.75 Å². The van der Waals surface area contributed by atoms with Crippen molar-refractivity contribution in [1.82, 2.24) is 4.98 Å². The third kappa shape index (κ3) is 3.35. The topological polar surface area (TPSA) is 85.5 Å². The lowest BCUT2D eigenvalue weighted by molar-refractivity contribution is 0.0594. The SMILES string of the molecule is COC(=O)c1cc(=O)c2c(C(C)=O)c(OCc3ccccc3)ccc2[nH]1. The standard InChI is InChI=1S/C20H17NO5/c1-12(22)18-17(26-11-13-6-4-3-5-7-13)9-8-14-19(18)16(23)10-15(21-14)20(24)25-2/h3-10H,11H2,1-2H3,(H,21,23). The van der Waals surface area contributed by atoms with E-state index >= 15 is 0 Å². The predicted octanol–water partition coefficient (Wildman–Crippen LogP) is 3.10. The van der Waals surface area contributed by atoms with Crippen molar-refractivity contribution in [2.45, 2.75) is 13.5 Å². The summed E-state index contributed by atoms with van der Waals surface area (Å²) in [5, 5.41) is 0.190. The van der Waals surface area contributed by atoms with Crippen LogP contribution in [0.15, 0.2) is 53.3 Å². The molecule has 3 rings (SSSR count). The number of hydrogen-bond donors (Lipinski definition) is 1. The van der Waals surface area contributed by atoms with Crippen LogP contribution in [0.3, 0.4) is 0 Å². The molecule has 0 saturated carbocycles. The molecule has 132 valence electrons. The lowest BCUT2D eigenvalue weighted by Crippen LogP contribution is -2.14. The first-order chi connectivity index (χ1) is 12.5. The average Bonchev–Trinajstić information content (AvgIpc) is 2.65. The van der Waals surface area contributed by atoms with Crippen molar-refractivity contribution in [2.75, 3.05) is 7.11 Å². The molecule has 0 bridgehead atoms. The van der Waals surface area contributed by atoms with Crippen molar-refractivity contribution in [3.8, 4) is 5.75 Å². The number of benzene rings is 2. The lowest BCUT2D eigenvalue weighted by Gasteiger charge is -2.13. The van der Waals surface area contributed by atoms with Crippen molar-refractivity contribution >= 4 is 22.7 Å². The number of esters is 1. The normalized spacial score (nSPS) is 10.5. The van der Waals surface area contributed by atoms with Gasteiger partial charge in [0.05, 0.1) is 23.6 Å². The smallest absolute Gasteiger partial charge is 0.354 e. The van der Waals surface area contributed by atoms with Crippen LogP contribution < -0.4 is 10.2 Å². The zero-order valence-electron chi connectivity index (χ0n) is 14.4. The van der Waals surface area contributed by atoms with Gasteiger partial charge in [-0.25, -0.2) is 4.79 Å². The second-order valence-corrected chi connectivity index (χ2v) is 5.73. The molecule has 0 aliphatic rings.